The van der Waals surface area contributed by atoms with E-state index in [0.29, 0.717) is 18.7 Å². The van der Waals surface area contributed by atoms with E-state index >= 15 is 0 Å². The zero-order chi connectivity index (χ0) is 20.5. The molecule has 5 heteroatoms. The second-order valence-corrected chi connectivity index (χ2v) is 7.60. The molecule has 2 amide bonds. The maximum Gasteiger partial charge on any atom is 0.251 e. The van der Waals surface area contributed by atoms with Gasteiger partial charge in [0.15, 0.2) is 0 Å². The highest BCUT2D eigenvalue weighted by Crippen LogP contribution is 2.23. The lowest BCUT2D eigenvalue weighted by Gasteiger charge is -2.20. The molecule has 1 fully saturated rings. The van der Waals surface area contributed by atoms with Crippen LogP contribution in [0.2, 0.25) is 0 Å². The molecule has 0 heterocycles. The molecule has 0 aliphatic heterocycles. The lowest BCUT2D eigenvalue weighted by molar-refractivity contribution is -0.126. The van der Waals surface area contributed by atoms with Crippen LogP contribution in [0.1, 0.15) is 53.6 Å². The zero-order valence-electron chi connectivity index (χ0n) is 17.1. The Morgan fingerprint density at radius 3 is 2.21 bits per heavy atom. The molecule has 0 saturated heterocycles. The van der Waals surface area contributed by atoms with Crippen LogP contribution in [0.25, 0.3) is 0 Å². The number of methoxy groups -OCH3 is 1. The van der Waals surface area contributed by atoms with Gasteiger partial charge in [-0.05, 0) is 54.7 Å². The van der Waals surface area contributed by atoms with Crippen LogP contribution < -0.4 is 15.4 Å². The third-order valence-electron chi connectivity index (χ3n) is 5.52. The van der Waals surface area contributed by atoms with E-state index in [-0.39, 0.29) is 17.7 Å². The van der Waals surface area contributed by atoms with Gasteiger partial charge in [0, 0.05) is 24.6 Å². The van der Waals surface area contributed by atoms with Crippen LogP contribution in [-0.2, 0) is 17.8 Å². The van der Waals surface area contributed by atoms with Crippen LogP contribution in [0.3, 0.4) is 0 Å². The second-order valence-electron chi connectivity index (χ2n) is 7.60. The largest absolute Gasteiger partial charge is 0.497 e. The maximum atomic E-state index is 12.3. The van der Waals surface area contributed by atoms with E-state index in [2.05, 4.69) is 10.6 Å². The van der Waals surface area contributed by atoms with Crippen LogP contribution in [0.4, 0.5) is 0 Å². The summed E-state index contributed by atoms with van der Waals surface area (Å²) in [5.74, 6) is 1.06. The molecule has 0 bridgehead atoms. The van der Waals surface area contributed by atoms with Gasteiger partial charge in [-0.3, -0.25) is 9.59 Å². The monoisotopic (exact) mass is 394 g/mol. The fourth-order valence-electron chi connectivity index (χ4n) is 3.69. The topological polar surface area (TPSA) is 67.4 Å². The highest BCUT2D eigenvalue weighted by molar-refractivity contribution is 5.94. The van der Waals surface area contributed by atoms with E-state index in [4.69, 9.17) is 4.74 Å². The number of rotatable bonds is 8. The van der Waals surface area contributed by atoms with Crippen molar-refractivity contribution in [3.63, 3.8) is 0 Å². The Morgan fingerprint density at radius 1 is 0.897 bits per heavy atom. The van der Waals surface area contributed by atoms with Crippen molar-refractivity contribution in [2.75, 3.05) is 13.7 Å². The Kier molecular flexibility index (Phi) is 7.68. The molecule has 2 aromatic carbocycles. The molecule has 0 spiro atoms. The first-order valence-corrected chi connectivity index (χ1v) is 10.4. The number of carbonyl (C=O) groups excluding carboxylic acids is 2. The molecule has 154 valence electrons. The van der Waals surface area contributed by atoms with Crippen LogP contribution in [0, 0.1) is 5.92 Å². The number of hydrogen-bond donors (Lipinski definition) is 2. The first kappa shape index (κ1) is 20.9. The average molecular weight is 395 g/mol. The van der Waals surface area contributed by atoms with Crippen molar-refractivity contribution in [3.8, 4) is 5.75 Å². The minimum atomic E-state index is -0.0868. The predicted molar refractivity (Wildman–Crippen MR) is 114 cm³/mol. The third-order valence-corrected chi connectivity index (χ3v) is 5.52. The summed E-state index contributed by atoms with van der Waals surface area (Å²) in [6, 6.07) is 15.3. The molecule has 1 saturated carbocycles. The van der Waals surface area contributed by atoms with E-state index in [1.54, 1.807) is 7.11 Å². The number of ether oxygens (including phenoxy) is 1. The molecule has 29 heavy (non-hydrogen) atoms. The quantitative estimate of drug-likeness (QED) is 0.714. The van der Waals surface area contributed by atoms with Gasteiger partial charge in [0.1, 0.15) is 5.75 Å². The fraction of sp³-hybridized carbons (Fsp3) is 0.417. The van der Waals surface area contributed by atoms with Crippen molar-refractivity contribution < 1.29 is 14.3 Å². The number of amides is 2. The van der Waals surface area contributed by atoms with Gasteiger partial charge in [-0.1, -0.05) is 43.5 Å². The molecule has 2 N–H and O–H groups in total. The van der Waals surface area contributed by atoms with Gasteiger partial charge in [0.25, 0.3) is 5.91 Å². The van der Waals surface area contributed by atoms with Crippen LogP contribution in [0.15, 0.2) is 48.5 Å². The Labute approximate surface area is 172 Å². The Morgan fingerprint density at radius 2 is 1.55 bits per heavy atom. The molecule has 0 atom stereocenters. The van der Waals surface area contributed by atoms with Crippen molar-refractivity contribution in [1.82, 2.24) is 10.6 Å². The van der Waals surface area contributed by atoms with Crippen molar-refractivity contribution in [2.45, 2.75) is 45.1 Å². The molecule has 1 aliphatic carbocycles. The molecule has 0 unspecified atom stereocenters. The van der Waals surface area contributed by atoms with Crippen molar-refractivity contribution in [2.24, 2.45) is 5.92 Å². The standard InChI is InChI=1S/C24H30N2O3/c1-29-22-13-9-18(10-14-22)15-16-25-23(27)21-11-7-19(8-12-21)17-26-24(28)20-5-3-2-4-6-20/h7-14,20H,2-6,15-17H2,1H3,(H,25,27)(H,26,28). The summed E-state index contributed by atoms with van der Waals surface area (Å²) in [6.07, 6.45) is 6.32. The number of benzene rings is 2. The van der Waals surface area contributed by atoms with Crippen molar-refractivity contribution >= 4 is 11.8 Å². The molecular weight excluding hydrogens is 364 g/mol. The van der Waals surface area contributed by atoms with Crippen LogP contribution in [-0.4, -0.2) is 25.5 Å². The van der Waals surface area contributed by atoms with E-state index in [0.717, 1.165) is 49.0 Å². The van der Waals surface area contributed by atoms with Crippen LogP contribution >= 0.6 is 0 Å². The number of hydrogen-bond acceptors (Lipinski definition) is 3. The summed E-state index contributed by atoms with van der Waals surface area (Å²) in [5, 5.41) is 5.98. The summed E-state index contributed by atoms with van der Waals surface area (Å²) < 4.78 is 5.15. The lowest BCUT2D eigenvalue weighted by Crippen LogP contribution is -2.31. The van der Waals surface area contributed by atoms with Gasteiger partial charge in [0.2, 0.25) is 5.91 Å². The first-order chi connectivity index (χ1) is 14.2. The minimum absolute atomic E-state index is 0.0868. The minimum Gasteiger partial charge on any atom is -0.497 e. The molecule has 2 aromatic rings. The molecule has 1 aliphatic rings. The van der Waals surface area contributed by atoms with Gasteiger partial charge in [-0.25, -0.2) is 0 Å². The average Bonchev–Trinajstić information content (AvgIpc) is 2.78. The summed E-state index contributed by atoms with van der Waals surface area (Å²) in [5.41, 5.74) is 2.78. The summed E-state index contributed by atoms with van der Waals surface area (Å²) in [4.78, 5) is 24.6. The van der Waals surface area contributed by atoms with Gasteiger partial charge in [-0.15, -0.1) is 0 Å². The highest BCUT2D eigenvalue weighted by atomic mass is 16.5. The smallest absolute Gasteiger partial charge is 0.251 e. The van der Waals surface area contributed by atoms with Crippen molar-refractivity contribution in [3.05, 3.63) is 65.2 Å². The van der Waals surface area contributed by atoms with Crippen LogP contribution in [0.5, 0.6) is 5.75 Å². The third kappa shape index (κ3) is 6.34. The molecule has 0 aromatic heterocycles. The van der Waals surface area contributed by atoms with E-state index in [9.17, 15) is 9.59 Å². The Bertz CT molecular complexity index is 794. The Hall–Kier alpha value is -2.82. The molecular formula is C24H30N2O3. The van der Waals surface area contributed by atoms with Crippen molar-refractivity contribution in [1.29, 1.82) is 0 Å². The molecule has 3 rings (SSSR count). The normalized spacial score (nSPS) is 14.2. The van der Waals surface area contributed by atoms with Gasteiger partial charge in [0.05, 0.1) is 7.11 Å². The SMILES string of the molecule is COc1ccc(CCNC(=O)c2ccc(CNC(=O)C3CCCCC3)cc2)cc1. The number of nitrogens with one attached hydrogen (secondary N) is 2. The fourth-order valence-corrected chi connectivity index (χ4v) is 3.69. The maximum absolute atomic E-state index is 12.3. The van der Waals surface area contributed by atoms with E-state index < -0.39 is 0 Å². The summed E-state index contributed by atoms with van der Waals surface area (Å²) in [7, 11) is 1.64. The Balaban J connectivity index is 1.41. The van der Waals surface area contributed by atoms with Gasteiger partial charge < -0.3 is 15.4 Å². The first-order valence-electron chi connectivity index (χ1n) is 10.4. The highest BCUT2D eigenvalue weighted by Gasteiger charge is 2.20. The van der Waals surface area contributed by atoms with Gasteiger partial charge >= 0.3 is 0 Å². The summed E-state index contributed by atoms with van der Waals surface area (Å²) >= 11 is 0. The lowest BCUT2D eigenvalue weighted by atomic mass is 9.88. The molecule has 0 radical (unpaired) electrons. The zero-order valence-corrected chi connectivity index (χ0v) is 17.1. The van der Waals surface area contributed by atoms with E-state index in [1.807, 2.05) is 48.5 Å². The second kappa shape index (κ2) is 10.6. The van der Waals surface area contributed by atoms with Gasteiger partial charge in [-0.2, -0.15) is 0 Å². The summed E-state index contributed by atoms with van der Waals surface area (Å²) in [6.45, 7) is 1.08. The predicted octanol–water partition coefficient (Wildman–Crippen LogP) is 3.86. The van der Waals surface area contributed by atoms with E-state index in [1.165, 1.54) is 6.42 Å². The number of carbonyl (C=O) groups is 2. The molecule has 5 nitrogen and oxygen atoms in total.